The normalized spacial score (nSPS) is 11.2. The summed E-state index contributed by atoms with van der Waals surface area (Å²) >= 11 is 0. The van der Waals surface area contributed by atoms with Crippen molar-refractivity contribution in [3.05, 3.63) is 23.8 Å². The van der Waals surface area contributed by atoms with E-state index in [2.05, 4.69) is 13.8 Å². The molecule has 0 fully saturated rings. The van der Waals surface area contributed by atoms with E-state index in [0.29, 0.717) is 0 Å². The van der Waals surface area contributed by atoms with Gasteiger partial charge in [0.1, 0.15) is 11.5 Å². The van der Waals surface area contributed by atoms with Crippen molar-refractivity contribution in [2.75, 3.05) is 13.2 Å². The lowest BCUT2D eigenvalue weighted by Gasteiger charge is -2.12. The number of benzene rings is 1. The number of aliphatic hydroxyl groups is 1. The molecule has 0 bridgehead atoms. The standard InChI is InChI=1S/C35H64O3/c1-3-5-7-9-11-13-15-16-18-20-22-24-26-28-38-35-30-33(32-36)29-34(31-35)37-27-25-23-21-19-17-14-12-10-8-6-4-2/h29-31,36H,3-28,32H2,1-2H3. The lowest BCUT2D eigenvalue weighted by Crippen LogP contribution is -2.01. The van der Waals surface area contributed by atoms with Crippen LogP contribution >= 0.6 is 0 Å². The zero-order valence-electron chi connectivity index (χ0n) is 25.6. The van der Waals surface area contributed by atoms with Crippen molar-refractivity contribution in [2.24, 2.45) is 0 Å². The van der Waals surface area contributed by atoms with E-state index in [9.17, 15) is 5.11 Å². The van der Waals surface area contributed by atoms with Crippen LogP contribution in [0.3, 0.4) is 0 Å². The van der Waals surface area contributed by atoms with Crippen LogP contribution in [-0.2, 0) is 6.61 Å². The number of hydrogen-bond acceptors (Lipinski definition) is 3. The Morgan fingerprint density at radius 3 is 1.00 bits per heavy atom. The minimum absolute atomic E-state index is 0.0186. The lowest BCUT2D eigenvalue weighted by atomic mass is 10.0. The predicted octanol–water partition coefficient (Wildman–Crippen LogP) is 11.3. The molecule has 222 valence electrons. The molecule has 0 amide bonds. The lowest BCUT2D eigenvalue weighted by molar-refractivity contribution is 0.271. The summed E-state index contributed by atoms with van der Waals surface area (Å²) < 4.78 is 12.0. The highest BCUT2D eigenvalue weighted by Crippen LogP contribution is 2.24. The van der Waals surface area contributed by atoms with Gasteiger partial charge in [-0.1, -0.05) is 155 Å². The highest BCUT2D eigenvalue weighted by molar-refractivity contribution is 5.38. The third-order valence-corrected chi connectivity index (χ3v) is 7.66. The second kappa shape index (κ2) is 27.4. The molecule has 0 unspecified atom stereocenters. The van der Waals surface area contributed by atoms with Crippen LogP contribution in [0.5, 0.6) is 11.5 Å². The number of rotatable bonds is 29. The van der Waals surface area contributed by atoms with Gasteiger partial charge in [-0.3, -0.25) is 0 Å². The fourth-order valence-electron chi connectivity index (χ4n) is 5.15. The number of hydrogen-bond donors (Lipinski definition) is 1. The summed E-state index contributed by atoms with van der Waals surface area (Å²) in [4.78, 5) is 0. The van der Waals surface area contributed by atoms with Gasteiger partial charge in [0.25, 0.3) is 0 Å². The summed E-state index contributed by atoms with van der Waals surface area (Å²) in [6.45, 7) is 6.06. The summed E-state index contributed by atoms with van der Waals surface area (Å²) in [7, 11) is 0. The minimum Gasteiger partial charge on any atom is -0.493 e. The van der Waals surface area contributed by atoms with Gasteiger partial charge in [0.05, 0.1) is 19.8 Å². The molecule has 0 atom stereocenters. The second-order valence-electron chi connectivity index (χ2n) is 11.4. The Kier molecular flexibility index (Phi) is 25.1. The first-order valence-electron chi connectivity index (χ1n) is 16.8. The molecule has 0 saturated carbocycles. The third-order valence-electron chi connectivity index (χ3n) is 7.66. The van der Waals surface area contributed by atoms with E-state index in [1.54, 1.807) is 0 Å². The maximum Gasteiger partial charge on any atom is 0.123 e. The Morgan fingerprint density at radius 2 is 0.711 bits per heavy atom. The monoisotopic (exact) mass is 532 g/mol. The van der Waals surface area contributed by atoms with Crippen LogP contribution < -0.4 is 9.47 Å². The second-order valence-corrected chi connectivity index (χ2v) is 11.4. The average molecular weight is 533 g/mol. The Morgan fingerprint density at radius 1 is 0.421 bits per heavy atom. The van der Waals surface area contributed by atoms with Crippen molar-refractivity contribution < 1.29 is 14.6 Å². The van der Waals surface area contributed by atoms with Crippen molar-refractivity contribution in [1.82, 2.24) is 0 Å². The Balaban J connectivity index is 2.03. The quantitative estimate of drug-likeness (QED) is 0.104. The molecule has 1 rings (SSSR count). The van der Waals surface area contributed by atoms with E-state index in [4.69, 9.17) is 9.47 Å². The van der Waals surface area contributed by atoms with Gasteiger partial charge in [-0.2, -0.15) is 0 Å². The van der Waals surface area contributed by atoms with E-state index in [1.807, 2.05) is 18.2 Å². The van der Waals surface area contributed by atoms with Crippen molar-refractivity contribution >= 4 is 0 Å². The van der Waals surface area contributed by atoms with Crippen molar-refractivity contribution in [2.45, 2.75) is 175 Å². The zero-order chi connectivity index (χ0) is 27.4. The van der Waals surface area contributed by atoms with E-state index in [1.165, 1.54) is 141 Å². The molecule has 1 N–H and O–H groups in total. The summed E-state index contributed by atoms with van der Waals surface area (Å²) in [5.74, 6) is 1.65. The average Bonchev–Trinajstić information content (AvgIpc) is 2.93. The van der Waals surface area contributed by atoms with Crippen LogP contribution in [0.1, 0.15) is 174 Å². The number of ether oxygens (including phenoxy) is 2. The molecule has 1 aromatic carbocycles. The molecule has 0 aliphatic heterocycles. The van der Waals surface area contributed by atoms with Crippen molar-refractivity contribution in [3.63, 3.8) is 0 Å². The molecule has 0 heterocycles. The molecule has 0 spiro atoms. The van der Waals surface area contributed by atoms with Crippen LogP contribution in [0.2, 0.25) is 0 Å². The van der Waals surface area contributed by atoms with Crippen molar-refractivity contribution in [1.29, 1.82) is 0 Å². The maximum atomic E-state index is 9.64. The first-order valence-corrected chi connectivity index (χ1v) is 16.8. The van der Waals surface area contributed by atoms with Gasteiger partial charge < -0.3 is 14.6 Å². The van der Waals surface area contributed by atoms with E-state index >= 15 is 0 Å². The van der Waals surface area contributed by atoms with Gasteiger partial charge >= 0.3 is 0 Å². The molecule has 3 heteroatoms. The SMILES string of the molecule is CCCCCCCCCCCCCCCOc1cc(CO)cc(OCCCCCCCCCCCCC)c1. The topological polar surface area (TPSA) is 38.7 Å². The number of unbranched alkanes of at least 4 members (excludes halogenated alkanes) is 22. The third kappa shape index (κ3) is 21.7. The minimum atomic E-state index is 0.0186. The maximum absolute atomic E-state index is 9.64. The van der Waals surface area contributed by atoms with Gasteiger partial charge in [0, 0.05) is 6.07 Å². The fraction of sp³-hybridized carbons (Fsp3) is 0.829. The molecule has 0 aliphatic carbocycles. The summed E-state index contributed by atoms with van der Waals surface area (Å²) in [6, 6.07) is 5.87. The van der Waals surface area contributed by atoms with E-state index in [-0.39, 0.29) is 6.61 Å². The smallest absolute Gasteiger partial charge is 0.123 e. The summed E-state index contributed by atoms with van der Waals surface area (Å²) in [6.07, 6.45) is 32.4. The first kappa shape index (κ1) is 34.8. The van der Waals surface area contributed by atoms with E-state index < -0.39 is 0 Å². The van der Waals surface area contributed by atoms with Crippen molar-refractivity contribution in [3.8, 4) is 11.5 Å². The molecular weight excluding hydrogens is 468 g/mol. The Hall–Kier alpha value is -1.22. The van der Waals surface area contributed by atoms with Gasteiger partial charge in [0.2, 0.25) is 0 Å². The molecule has 0 aliphatic rings. The van der Waals surface area contributed by atoms with Crippen LogP contribution in [0.25, 0.3) is 0 Å². The Labute approximate surface area is 237 Å². The van der Waals surface area contributed by atoms with Crippen LogP contribution in [0.15, 0.2) is 18.2 Å². The van der Waals surface area contributed by atoms with Gasteiger partial charge in [0.15, 0.2) is 0 Å². The molecule has 1 aromatic rings. The molecule has 38 heavy (non-hydrogen) atoms. The molecule has 3 nitrogen and oxygen atoms in total. The van der Waals surface area contributed by atoms with Gasteiger partial charge in [-0.15, -0.1) is 0 Å². The Bertz CT molecular complexity index is 615. The number of aliphatic hydroxyl groups excluding tert-OH is 1. The summed E-state index contributed by atoms with van der Waals surface area (Å²) in [5.41, 5.74) is 0.863. The van der Waals surface area contributed by atoms with Gasteiger partial charge in [-0.05, 0) is 30.5 Å². The highest BCUT2D eigenvalue weighted by Gasteiger charge is 2.04. The molecule has 0 radical (unpaired) electrons. The zero-order valence-corrected chi connectivity index (χ0v) is 25.6. The largest absolute Gasteiger partial charge is 0.493 e. The summed E-state index contributed by atoms with van der Waals surface area (Å²) in [5, 5.41) is 9.64. The molecular formula is C35H64O3. The molecule has 0 aromatic heterocycles. The first-order chi connectivity index (χ1) is 18.8. The van der Waals surface area contributed by atoms with Crippen LogP contribution in [0.4, 0.5) is 0 Å². The molecule has 0 saturated heterocycles. The van der Waals surface area contributed by atoms with Crippen LogP contribution in [0, 0.1) is 0 Å². The van der Waals surface area contributed by atoms with E-state index in [0.717, 1.165) is 43.1 Å². The van der Waals surface area contributed by atoms with Crippen LogP contribution in [-0.4, -0.2) is 18.3 Å². The highest BCUT2D eigenvalue weighted by atomic mass is 16.5. The van der Waals surface area contributed by atoms with Gasteiger partial charge in [-0.25, -0.2) is 0 Å². The fourth-order valence-corrected chi connectivity index (χ4v) is 5.15. The predicted molar refractivity (Wildman–Crippen MR) is 166 cm³/mol.